The summed E-state index contributed by atoms with van der Waals surface area (Å²) in [5.74, 6) is -0.642. The zero-order chi connectivity index (χ0) is 24.3. The van der Waals surface area contributed by atoms with Gasteiger partial charge >= 0.3 is 5.97 Å². The van der Waals surface area contributed by atoms with Crippen LogP contribution in [0.25, 0.3) is 6.08 Å². The van der Waals surface area contributed by atoms with Gasteiger partial charge in [-0.15, -0.1) is 6.58 Å². The van der Waals surface area contributed by atoms with E-state index in [1.54, 1.807) is 54.6 Å². The average Bonchev–Trinajstić information content (AvgIpc) is 3.19. The van der Waals surface area contributed by atoms with E-state index in [0.717, 1.165) is 0 Å². The second-order valence-corrected chi connectivity index (χ2v) is 9.92. The van der Waals surface area contributed by atoms with Crippen molar-refractivity contribution in [3.05, 3.63) is 112 Å². The Balaban J connectivity index is 1.77. The SMILES string of the molecule is C=CCN(c1ccccc1C1=N/C(=C\c2ccc(Cl)cc2)C(=O)O1)S(=O)(=O)c1ccc(Cl)cc1. The Hall–Kier alpha value is -3.39. The number of benzene rings is 3. The van der Waals surface area contributed by atoms with E-state index in [1.807, 2.05) is 0 Å². The number of halogens is 2. The molecule has 0 atom stereocenters. The molecule has 172 valence electrons. The van der Waals surface area contributed by atoms with Gasteiger partial charge in [-0.2, -0.15) is 0 Å². The minimum atomic E-state index is -3.98. The van der Waals surface area contributed by atoms with Crippen molar-refractivity contribution in [2.45, 2.75) is 4.90 Å². The topological polar surface area (TPSA) is 76.0 Å². The van der Waals surface area contributed by atoms with Crippen molar-refractivity contribution in [1.82, 2.24) is 0 Å². The van der Waals surface area contributed by atoms with Crippen LogP contribution in [0.3, 0.4) is 0 Å². The van der Waals surface area contributed by atoms with Crippen LogP contribution in [0.2, 0.25) is 10.0 Å². The highest BCUT2D eigenvalue weighted by Gasteiger charge is 2.31. The van der Waals surface area contributed by atoms with Crippen LogP contribution < -0.4 is 4.31 Å². The highest BCUT2D eigenvalue weighted by atomic mass is 35.5. The van der Waals surface area contributed by atoms with Crippen molar-refractivity contribution < 1.29 is 17.9 Å². The molecule has 0 N–H and O–H groups in total. The van der Waals surface area contributed by atoms with Crippen molar-refractivity contribution in [3.8, 4) is 0 Å². The molecule has 0 fully saturated rings. The summed E-state index contributed by atoms with van der Waals surface area (Å²) in [6.07, 6.45) is 3.04. The standard InChI is InChI=1S/C25H18Cl2N2O4S/c1-2-15-29(34(31,32)20-13-11-19(27)12-14-20)23-6-4-3-5-21(23)24-28-22(25(30)33-24)16-17-7-9-18(26)10-8-17/h2-14,16H,1,15H2/b22-16-. The molecule has 0 radical (unpaired) electrons. The third-order valence-electron chi connectivity index (χ3n) is 4.89. The number of hydrogen-bond donors (Lipinski definition) is 0. The van der Waals surface area contributed by atoms with Crippen LogP contribution in [0.15, 0.2) is 101 Å². The second kappa shape index (κ2) is 9.85. The normalized spacial score (nSPS) is 14.6. The fourth-order valence-electron chi connectivity index (χ4n) is 3.29. The number of anilines is 1. The molecule has 1 aliphatic heterocycles. The Bertz CT molecular complexity index is 1410. The number of ether oxygens (including phenoxy) is 1. The van der Waals surface area contributed by atoms with Crippen molar-refractivity contribution >= 4 is 56.9 Å². The Labute approximate surface area is 207 Å². The summed E-state index contributed by atoms with van der Waals surface area (Å²) in [5.41, 5.74) is 1.43. The largest absolute Gasteiger partial charge is 0.402 e. The maximum absolute atomic E-state index is 13.5. The zero-order valence-electron chi connectivity index (χ0n) is 17.7. The molecule has 0 saturated heterocycles. The first-order chi connectivity index (χ1) is 16.3. The Kier molecular flexibility index (Phi) is 6.88. The number of aliphatic imine (C=N–C) groups is 1. The molecule has 1 aliphatic rings. The quantitative estimate of drug-likeness (QED) is 0.230. The fourth-order valence-corrected chi connectivity index (χ4v) is 5.00. The molecule has 6 nitrogen and oxygen atoms in total. The lowest BCUT2D eigenvalue weighted by molar-refractivity contribution is -0.129. The van der Waals surface area contributed by atoms with Crippen molar-refractivity contribution in [3.63, 3.8) is 0 Å². The van der Waals surface area contributed by atoms with Crippen LogP contribution >= 0.6 is 23.2 Å². The van der Waals surface area contributed by atoms with E-state index in [2.05, 4.69) is 11.6 Å². The van der Waals surface area contributed by atoms with Crippen LogP contribution in [0.4, 0.5) is 5.69 Å². The van der Waals surface area contributed by atoms with Gasteiger partial charge in [-0.25, -0.2) is 18.2 Å². The Morgan fingerprint density at radius 2 is 1.56 bits per heavy atom. The fraction of sp³-hybridized carbons (Fsp3) is 0.0400. The van der Waals surface area contributed by atoms with E-state index in [4.69, 9.17) is 27.9 Å². The van der Waals surface area contributed by atoms with Crippen molar-refractivity contribution in [1.29, 1.82) is 0 Å². The van der Waals surface area contributed by atoms with Gasteiger partial charge in [0.1, 0.15) is 0 Å². The van der Waals surface area contributed by atoms with E-state index in [-0.39, 0.29) is 28.7 Å². The van der Waals surface area contributed by atoms with Gasteiger partial charge in [0.2, 0.25) is 5.90 Å². The van der Waals surface area contributed by atoms with E-state index in [9.17, 15) is 13.2 Å². The lowest BCUT2D eigenvalue weighted by Gasteiger charge is -2.25. The smallest absolute Gasteiger partial charge is 0.363 e. The summed E-state index contributed by atoms with van der Waals surface area (Å²) in [6, 6.07) is 19.4. The molecule has 3 aromatic rings. The summed E-state index contributed by atoms with van der Waals surface area (Å²) in [4.78, 5) is 16.9. The summed E-state index contributed by atoms with van der Waals surface area (Å²) in [6.45, 7) is 3.67. The van der Waals surface area contributed by atoms with Gasteiger partial charge in [0, 0.05) is 10.0 Å². The molecule has 0 amide bonds. The summed E-state index contributed by atoms with van der Waals surface area (Å²) < 4.78 is 33.5. The van der Waals surface area contributed by atoms with Crippen LogP contribution in [0, 0.1) is 0 Å². The second-order valence-electron chi connectivity index (χ2n) is 7.18. The number of rotatable bonds is 7. The third-order valence-corrected chi connectivity index (χ3v) is 7.19. The molecule has 34 heavy (non-hydrogen) atoms. The number of sulfonamides is 1. The van der Waals surface area contributed by atoms with Gasteiger partial charge in [0.25, 0.3) is 10.0 Å². The lowest BCUT2D eigenvalue weighted by atomic mass is 10.1. The maximum Gasteiger partial charge on any atom is 0.363 e. The Morgan fingerprint density at radius 3 is 2.21 bits per heavy atom. The van der Waals surface area contributed by atoms with E-state index >= 15 is 0 Å². The lowest BCUT2D eigenvalue weighted by Crippen LogP contribution is -2.32. The summed E-state index contributed by atoms with van der Waals surface area (Å²) in [7, 11) is -3.98. The molecular weight excluding hydrogens is 495 g/mol. The molecule has 0 aromatic heterocycles. The molecule has 1 heterocycles. The third kappa shape index (κ3) is 4.92. The first-order valence-electron chi connectivity index (χ1n) is 10.1. The minimum Gasteiger partial charge on any atom is -0.402 e. The molecule has 0 unspecified atom stereocenters. The van der Waals surface area contributed by atoms with E-state index in [0.29, 0.717) is 21.2 Å². The summed E-state index contributed by atoms with van der Waals surface area (Å²) in [5, 5.41) is 0.986. The number of nitrogens with zero attached hydrogens (tertiary/aromatic N) is 2. The van der Waals surface area contributed by atoms with Crippen LogP contribution in [-0.4, -0.2) is 26.8 Å². The molecule has 3 aromatic carbocycles. The molecule has 0 saturated carbocycles. The molecular formula is C25H18Cl2N2O4S. The molecule has 0 bridgehead atoms. The van der Waals surface area contributed by atoms with Crippen LogP contribution in [0.5, 0.6) is 0 Å². The highest BCUT2D eigenvalue weighted by molar-refractivity contribution is 7.92. The molecule has 9 heteroatoms. The number of hydrogen-bond acceptors (Lipinski definition) is 5. The maximum atomic E-state index is 13.5. The molecule has 0 spiro atoms. The van der Waals surface area contributed by atoms with Crippen molar-refractivity contribution in [2.75, 3.05) is 10.8 Å². The van der Waals surface area contributed by atoms with Gasteiger partial charge in [-0.05, 0) is 60.2 Å². The van der Waals surface area contributed by atoms with E-state index < -0.39 is 16.0 Å². The molecule has 0 aliphatic carbocycles. The number of cyclic esters (lactones) is 1. The van der Waals surface area contributed by atoms with Crippen LogP contribution in [-0.2, 0) is 19.6 Å². The number of esters is 1. The number of para-hydroxylation sites is 1. The predicted molar refractivity (Wildman–Crippen MR) is 135 cm³/mol. The monoisotopic (exact) mass is 512 g/mol. The number of carbonyl (C=O) groups is 1. The average molecular weight is 513 g/mol. The van der Waals surface area contributed by atoms with Gasteiger partial charge in [0.15, 0.2) is 5.70 Å². The van der Waals surface area contributed by atoms with Crippen LogP contribution in [0.1, 0.15) is 11.1 Å². The van der Waals surface area contributed by atoms with Crippen molar-refractivity contribution in [2.24, 2.45) is 4.99 Å². The first kappa shape index (κ1) is 23.8. The minimum absolute atomic E-state index is 0.00109. The predicted octanol–water partition coefficient (Wildman–Crippen LogP) is 5.72. The summed E-state index contributed by atoms with van der Waals surface area (Å²) >= 11 is 11.8. The number of carbonyl (C=O) groups excluding carboxylic acids is 1. The first-order valence-corrected chi connectivity index (χ1v) is 12.3. The van der Waals surface area contributed by atoms with E-state index in [1.165, 1.54) is 34.6 Å². The van der Waals surface area contributed by atoms with Gasteiger partial charge in [-0.3, -0.25) is 4.31 Å². The highest BCUT2D eigenvalue weighted by Crippen LogP contribution is 2.31. The Morgan fingerprint density at radius 1 is 0.941 bits per heavy atom. The van der Waals surface area contributed by atoms with Gasteiger partial charge in [0.05, 0.1) is 22.7 Å². The van der Waals surface area contributed by atoms with Gasteiger partial charge < -0.3 is 4.74 Å². The molecule has 4 rings (SSSR count). The zero-order valence-corrected chi connectivity index (χ0v) is 20.0. The van der Waals surface area contributed by atoms with Gasteiger partial charge in [-0.1, -0.05) is 53.5 Å².